The Morgan fingerprint density at radius 3 is 2.47 bits per heavy atom. The third-order valence-electron chi connectivity index (χ3n) is 1.78. The second-order valence-corrected chi connectivity index (χ2v) is 2.94. The molecule has 1 rings (SSSR count). The van der Waals surface area contributed by atoms with Crippen molar-refractivity contribution in [3.63, 3.8) is 0 Å². The van der Waals surface area contributed by atoms with Gasteiger partial charge in [0.05, 0.1) is 12.2 Å². The number of esters is 1. The van der Waals surface area contributed by atoms with Crippen molar-refractivity contribution in [3.05, 3.63) is 34.9 Å². The van der Waals surface area contributed by atoms with E-state index in [1.807, 2.05) is 0 Å². The predicted molar refractivity (Wildman–Crippen MR) is 55.3 cm³/mol. The lowest BCUT2D eigenvalue weighted by atomic mass is 10.1. The highest BCUT2D eigenvalue weighted by molar-refractivity contribution is 5.89. The summed E-state index contributed by atoms with van der Waals surface area (Å²) >= 11 is 0. The van der Waals surface area contributed by atoms with Crippen LogP contribution >= 0.6 is 0 Å². The van der Waals surface area contributed by atoms with Crippen LogP contribution in [0, 0.1) is 23.5 Å². The molecule has 0 saturated heterocycles. The first-order valence-corrected chi connectivity index (χ1v) is 4.71. The number of carbonyl (C=O) groups excluding carboxylic acids is 2. The molecule has 0 unspecified atom stereocenters. The number of carbonyl (C=O) groups is 2. The molecule has 1 aromatic rings. The van der Waals surface area contributed by atoms with E-state index in [9.17, 15) is 18.4 Å². The molecule has 0 aromatic heterocycles. The van der Waals surface area contributed by atoms with Crippen molar-refractivity contribution in [2.75, 3.05) is 6.61 Å². The fraction of sp³-hybridized carbons (Fsp3) is 0.167. The van der Waals surface area contributed by atoms with E-state index in [4.69, 9.17) is 0 Å². The molecule has 0 aliphatic heterocycles. The smallest absolute Gasteiger partial charge is 0.384 e. The molecule has 1 aromatic carbocycles. The Morgan fingerprint density at radius 2 is 2.00 bits per heavy atom. The normalized spacial score (nSPS) is 9.12. The van der Waals surface area contributed by atoms with Gasteiger partial charge in [-0.05, 0) is 19.1 Å². The first-order valence-electron chi connectivity index (χ1n) is 4.71. The molecule has 3 nitrogen and oxygen atoms in total. The van der Waals surface area contributed by atoms with Gasteiger partial charge in [0.1, 0.15) is 11.6 Å². The molecule has 88 valence electrons. The third kappa shape index (κ3) is 3.38. The van der Waals surface area contributed by atoms with Crippen LogP contribution in [0.25, 0.3) is 0 Å². The molecule has 5 heteroatoms. The van der Waals surface area contributed by atoms with Gasteiger partial charge >= 0.3 is 5.97 Å². The van der Waals surface area contributed by atoms with Crippen LogP contribution in [0.2, 0.25) is 0 Å². The zero-order valence-electron chi connectivity index (χ0n) is 8.92. The van der Waals surface area contributed by atoms with Gasteiger partial charge in [-0.2, -0.15) is 0 Å². The molecule has 0 amide bonds. The summed E-state index contributed by atoms with van der Waals surface area (Å²) in [4.78, 5) is 21.2. The van der Waals surface area contributed by atoms with Gasteiger partial charge in [-0.3, -0.25) is 4.79 Å². The highest BCUT2D eigenvalue weighted by Crippen LogP contribution is 2.12. The van der Waals surface area contributed by atoms with Gasteiger partial charge in [-0.1, -0.05) is 5.92 Å². The quantitative estimate of drug-likeness (QED) is 0.447. The minimum atomic E-state index is -1.02. The maximum absolute atomic E-state index is 13.1. The van der Waals surface area contributed by atoms with Crippen LogP contribution in [0.3, 0.4) is 0 Å². The van der Waals surface area contributed by atoms with E-state index in [1.165, 1.54) is 0 Å². The fourth-order valence-electron chi connectivity index (χ4n) is 1.06. The Balaban J connectivity index is 3.01. The summed E-state index contributed by atoms with van der Waals surface area (Å²) in [6.45, 7) is 1.78. The largest absolute Gasteiger partial charge is 0.456 e. The van der Waals surface area contributed by atoms with Gasteiger partial charge in [-0.25, -0.2) is 13.6 Å². The number of ether oxygens (including phenoxy) is 1. The zero-order chi connectivity index (χ0) is 12.8. The highest BCUT2D eigenvalue weighted by Gasteiger charge is 2.09. The standard InChI is InChI=1S/C12H8F2O3/c1-2-17-12(16)4-3-8-5-10(13)9(7-15)11(14)6-8/h5-7H,2H2,1H3. The third-order valence-corrected chi connectivity index (χ3v) is 1.78. The van der Waals surface area contributed by atoms with Crippen molar-refractivity contribution in [3.8, 4) is 11.8 Å². The van der Waals surface area contributed by atoms with Gasteiger partial charge in [0, 0.05) is 11.5 Å². The number of benzene rings is 1. The maximum Gasteiger partial charge on any atom is 0.384 e. The van der Waals surface area contributed by atoms with Crippen molar-refractivity contribution < 1.29 is 23.1 Å². The number of aldehydes is 1. The zero-order valence-corrected chi connectivity index (χ0v) is 8.92. The van der Waals surface area contributed by atoms with Crippen molar-refractivity contribution in [1.29, 1.82) is 0 Å². The predicted octanol–water partition coefficient (Wildman–Crippen LogP) is 1.69. The summed E-state index contributed by atoms with van der Waals surface area (Å²) < 4.78 is 30.8. The average Bonchev–Trinajstić information content (AvgIpc) is 2.26. The minimum absolute atomic E-state index is 0.0429. The Hall–Kier alpha value is -2.22. The SMILES string of the molecule is CCOC(=O)C#Cc1cc(F)c(C=O)c(F)c1. The molecular weight excluding hydrogens is 230 g/mol. The van der Waals surface area contributed by atoms with E-state index in [1.54, 1.807) is 6.92 Å². The molecule has 0 aliphatic carbocycles. The fourth-order valence-corrected chi connectivity index (χ4v) is 1.06. The summed E-state index contributed by atoms with van der Waals surface area (Å²) in [5.41, 5.74) is -0.703. The monoisotopic (exact) mass is 238 g/mol. The second kappa shape index (κ2) is 5.75. The Bertz CT molecular complexity index is 489. The van der Waals surface area contributed by atoms with E-state index >= 15 is 0 Å². The van der Waals surface area contributed by atoms with E-state index in [0.29, 0.717) is 0 Å². The Kier molecular flexibility index (Phi) is 4.35. The van der Waals surface area contributed by atoms with Gasteiger partial charge in [-0.15, -0.1) is 0 Å². The van der Waals surface area contributed by atoms with Gasteiger partial charge in [0.25, 0.3) is 0 Å². The summed E-state index contributed by atoms with van der Waals surface area (Å²) in [7, 11) is 0. The summed E-state index contributed by atoms with van der Waals surface area (Å²) in [6.07, 6.45) is 0.0766. The number of halogens is 2. The topological polar surface area (TPSA) is 43.4 Å². The lowest BCUT2D eigenvalue weighted by Crippen LogP contribution is -2.00. The molecule has 0 bridgehead atoms. The van der Waals surface area contributed by atoms with Gasteiger partial charge < -0.3 is 4.74 Å². The molecular formula is C12H8F2O3. The van der Waals surface area contributed by atoms with Crippen LogP contribution in [0.5, 0.6) is 0 Å². The summed E-state index contributed by atoms with van der Waals surface area (Å²) in [6, 6.07) is 1.75. The molecule has 0 radical (unpaired) electrons. The van der Waals surface area contributed by atoms with E-state index < -0.39 is 23.2 Å². The molecule has 0 N–H and O–H groups in total. The van der Waals surface area contributed by atoms with E-state index in [0.717, 1.165) is 12.1 Å². The minimum Gasteiger partial charge on any atom is -0.456 e. The number of hydrogen-bond donors (Lipinski definition) is 0. The number of rotatable bonds is 2. The van der Waals surface area contributed by atoms with Crippen LogP contribution in [0.15, 0.2) is 12.1 Å². The van der Waals surface area contributed by atoms with Gasteiger partial charge in [0.15, 0.2) is 6.29 Å². The molecule has 0 heterocycles. The highest BCUT2D eigenvalue weighted by atomic mass is 19.1. The average molecular weight is 238 g/mol. The lowest BCUT2D eigenvalue weighted by Gasteiger charge is -1.98. The summed E-state index contributed by atoms with van der Waals surface area (Å²) in [5.74, 6) is 1.48. The van der Waals surface area contributed by atoms with Gasteiger partial charge in [0.2, 0.25) is 0 Å². The van der Waals surface area contributed by atoms with Crippen LogP contribution < -0.4 is 0 Å². The Morgan fingerprint density at radius 1 is 1.41 bits per heavy atom. The second-order valence-electron chi connectivity index (χ2n) is 2.94. The van der Waals surface area contributed by atoms with Crippen molar-refractivity contribution in [2.45, 2.75) is 6.92 Å². The van der Waals surface area contributed by atoms with Crippen LogP contribution in [-0.2, 0) is 9.53 Å². The first kappa shape index (κ1) is 12.8. The maximum atomic E-state index is 13.1. The molecule has 0 fully saturated rings. The van der Waals surface area contributed by atoms with E-state index in [-0.39, 0.29) is 18.5 Å². The molecule has 17 heavy (non-hydrogen) atoms. The lowest BCUT2D eigenvalue weighted by molar-refractivity contribution is -0.136. The van der Waals surface area contributed by atoms with Crippen LogP contribution in [0.4, 0.5) is 8.78 Å². The first-order chi connectivity index (χ1) is 8.08. The van der Waals surface area contributed by atoms with Crippen molar-refractivity contribution >= 4 is 12.3 Å². The van der Waals surface area contributed by atoms with Crippen molar-refractivity contribution in [1.82, 2.24) is 0 Å². The molecule has 0 atom stereocenters. The molecule has 0 aliphatic rings. The van der Waals surface area contributed by atoms with Crippen LogP contribution in [-0.4, -0.2) is 18.9 Å². The van der Waals surface area contributed by atoms with Crippen LogP contribution in [0.1, 0.15) is 22.8 Å². The summed E-state index contributed by atoms with van der Waals surface area (Å²) in [5, 5.41) is 0. The number of hydrogen-bond acceptors (Lipinski definition) is 3. The molecule has 0 spiro atoms. The molecule has 0 saturated carbocycles. The Labute approximate surface area is 96.4 Å². The van der Waals surface area contributed by atoms with E-state index in [2.05, 4.69) is 16.6 Å². The van der Waals surface area contributed by atoms with Crippen molar-refractivity contribution in [2.24, 2.45) is 0 Å².